The van der Waals surface area contributed by atoms with Gasteiger partial charge in [0.1, 0.15) is 0 Å². The Hall–Kier alpha value is -1.72. The van der Waals surface area contributed by atoms with Gasteiger partial charge in [-0.3, -0.25) is 0 Å². The molecule has 0 atom stereocenters. The summed E-state index contributed by atoms with van der Waals surface area (Å²) in [5.41, 5.74) is 1.76. The van der Waals surface area contributed by atoms with Crippen molar-refractivity contribution in [1.29, 1.82) is 0 Å². The number of oxime groups is 2. The van der Waals surface area contributed by atoms with Gasteiger partial charge in [-0.15, -0.1) is 0 Å². The molecule has 0 spiro atoms. The minimum atomic E-state index is -0.213. The first kappa shape index (κ1) is 13.3. The highest BCUT2D eigenvalue weighted by Gasteiger charge is 2.32. The first-order valence-electron chi connectivity index (χ1n) is 7.25. The molecule has 6 heteroatoms. The minimum absolute atomic E-state index is 0.0712. The van der Waals surface area contributed by atoms with E-state index in [-0.39, 0.29) is 23.8 Å². The monoisotopic (exact) mass is 278 g/mol. The van der Waals surface area contributed by atoms with Gasteiger partial charge in [0, 0.05) is 0 Å². The van der Waals surface area contributed by atoms with Crippen LogP contribution in [0.1, 0.15) is 51.4 Å². The highest BCUT2D eigenvalue weighted by molar-refractivity contribution is 5.98. The Morgan fingerprint density at radius 2 is 1.10 bits per heavy atom. The van der Waals surface area contributed by atoms with Gasteiger partial charge in [-0.05, 0) is 51.4 Å². The third-order valence-corrected chi connectivity index (χ3v) is 3.76. The van der Waals surface area contributed by atoms with E-state index in [1.165, 1.54) is 0 Å². The molecule has 0 amide bonds. The van der Waals surface area contributed by atoms with E-state index in [1.807, 2.05) is 0 Å². The molecule has 0 unspecified atom stereocenters. The maximum absolute atomic E-state index is 11.3. The van der Waals surface area contributed by atoms with E-state index in [4.69, 9.17) is 9.68 Å². The van der Waals surface area contributed by atoms with Gasteiger partial charge in [0.05, 0.1) is 23.3 Å². The Morgan fingerprint density at radius 3 is 1.40 bits per heavy atom. The largest absolute Gasteiger partial charge is 0.338 e. The van der Waals surface area contributed by atoms with Crippen molar-refractivity contribution in [3.8, 4) is 0 Å². The molecule has 3 rings (SSSR count). The van der Waals surface area contributed by atoms with Crippen LogP contribution >= 0.6 is 0 Å². The molecule has 3 fully saturated rings. The zero-order valence-electron chi connectivity index (χ0n) is 11.3. The van der Waals surface area contributed by atoms with Crippen LogP contribution in [-0.4, -0.2) is 23.4 Å². The fourth-order valence-electron chi connectivity index (χ4n) is 2.02. The van der Waals surface area contributed by atoms with Gasteiger partial charge in [-0.2, -0.15) is 0 Å². The van der Waals surface area contributed by atoms with Crippen molar-refractivity contribution in [3.63, 3.8) is 0 Å². The third-order valence-electron chi connectivity index (χ3n) is 3.76. The molecule has 3 aliphatic carbocycles. The summed E-state index contributed by atoms with van der Waals surface area (Å²) in [5, 5.41) is 7.83. The average molecular weight is 278 g/mol. The van der Waals surface area contributed by atoms with Crippen LogP contribution < -0.4 is 0 Å². The van der Waals surface area contributed by atoms with E-state index in [0.29, 0.717) is 25.7 Å². The third kappa shape index (κ3) is 3.65. The average Bonchev–Trinajstić information content (AvgIpc) is 3.33. The number of nitrogens with zero attached hydrogens (tertiary/aromatic N) is 2. The number of carbonyl (C=O) groups is 2. The second-order valence-electron chi connectivity index (χ2n) is 5.68. The summed E-state index contributed by atoms with van der Waals surface area (Å²) in [6.07, 6.45) is 6.52. The van der Waals surface area contributed by atoms with E-state index in [2.05, 4.69) is 10.3 Å². The van der Waals surface area contributed by atoms with Crippen molar-refractivity contribution >= 4 is 23.4 Å². The molecule has 20 heavy (non-hydrogen) atoms. The van der Waals surface area contributed by atoms with Gasteiger partial charge in [0.2, 0.25) is 0 Å². The molecular weight excluding hydrogens is 260 g/mol. The maximum Gasteiger partial charge on any atom is 0.338 e. The quantitative estimate of drug-likeness (QED) is 0.583. The fraction of sp³-hybridized carbons (Fsp3) is 0.714. The summed E-state index contributed by atoms with van der Waals surface area (Å²) in [6.45, 7) is 0. The van der Waals surface area contributed by atoms with Crippen molar-refractivity contribution in [1.82, 2.24) is 0 Å². The fourth-order valence-corrected chi connectivity index (χ4v) is 2.02. The lowest BCUT2D eigenvalue weighted by Gasteiger charge is -2.13. The zero-order chi connectivity index (χ0) is 13.9. The highest BCUT2D eigenvalue weighted by atomic mass is 16.7. The van der Waals surface area contributed by atoms with Crippen LogP contribution in [-0.2, 0) is 19.3 Å². The molecule has 0 radical (unpaired) electrons. The molecule has 0 aromatic heterocycles. The second kappa shape index (κ2) is 5.73. The van der Waals surface area contributed by atoms with Crippen LogP contribution in [0, 0.1) is 11.8 Å². The van der Waals surface area contributed by atoms with Crippen molar-refractivity contribution < 1.29 is 19.3 Å². The van der Waals surface area contributed by atoms with Crippen molar-refractivity contribution in [2.24, 2.45) is 22.1 Å². The predicted molar refractivity (Wildman–Crippen MR) is 71.0 cm³/mol. The lowest BCUT2D eigenvalue weighted by Crippen LogP contribution is -2.16. The lowest BCUT2D eigenvalue weighted by molar-refractivity contribution is -0.146. The molecule has 108 valence electrons. The van der Waals surface area contributed by atoms with Crippen LogP contribution in [0.25, 0.3) is 0 Å². The Balaban J connectivity index is 1.41. The second-order valence-corrected chi connectivity index (χ2v) is 5.68. The molecule has 0 bridgehead atoms. The minimum Gasteiger partial charge on any atom is -0.318 e. The first-order valence-corrected chi connectivity index (χ1v) is 7.25. The van der Waals surface area contributed by atoms with E-state index in [9.17, 15) is 9.59 Å². The molecule has 0 heterocycles. The Morgan fingerprint density at radius 1 is 0.750 bits per heavy atom. The van der Waals surface area contributed by atoms with Crippen molar-refractivity contribution in [2.45, 2.75) is 51.4 Å². The lowest BCUT2D eigenvalue weighted by atomic mass is 9.97. The molecular formula is C14H18N2O4. The number of rotatable bonds is 4. The smallest absolute Gasteiger partial charge is 0.318 e. The van der Waals surface area contributed by atoms with Gasteiger partial charge in [-0.25, -0.2) is 9.59 Å². The zero-order valence-corrected chi connectivity index (χ0v) is 11.3. The standard InChI is InChI=1S/C14H18N2O4/c17-13(9-1-2-9)19-15-11-5-7-12(8-6-11)16-20-14(18)10-3-4-10/h9-10H,1-8H2. The molecule has 0 saturated heterocycles. The van der Waals surface area contributed by atoms with Gasteiger partial charge < -0.3 is 9.68 Å². The molecule has 0 aromatic carbocycles. The molecule has 0 N–H and O–H groups in total. The summed E-state index contributed by atoms with van der Waals surface area (Å²) in [7, 11) is 0. The summed E-state index contributed by atoms with van der Waals surface area (Å²) >= 11 is 0. The predicted octanol–water partition coefficient (Wildman–Crippen LogP) is 2.18. The van der Waals surface area contributed by atoms with E-state index in [0.717, 1.165) is 37.1 Å². The number of carbonyl (C=O) groups excluding carboxylic acids is 2. The highest BCUT2D eigenvalue weighted by Crippen LogP contribution is 2.31. The molecule has 3 saturated carbocycles. The Kier molecular flexibility index (Phi) is 3.80. The summed E-state index contributed by atoms with van der Waals surface area (Å²) in [6, 6.07) is 0. The van der Waals surface area contributed by atoms with Gasteiger partial charge in [0.15, 0.2) is 0 Å². The molecule has 6 nitrogen and oxygen atoms in total. The van der Waals surface area contributed by atoms with E-state index in [1.54, 1.807) is 0 Å². The van der Waals surface area contributed by atoms with E-state index >= 15 is 0 Å². The van der Waals surface area contributed by atoms with Crippen LogP contribution in [0.3, 0.4) is 0 Å². The van der Waals surface area contributed by atoms with Crippen molar-refractivity contribution in [2.75, 3.05) is 0 Å². The molecule has 0 aromatic rings. The first-order chi connectivity index (χ1) is 9.72. The summed E-state index contributed by atoms with van der Waals surface area (Å²) < 4.78 is 0. The maximum atomic E-state index is 11.3. The normalized spacial score (nSPS) is 22.2. The Bertz CT molecular complexity index is 420. The number of hydrogen-bond acceptors (Lipinski definition) is 6. The van der Waals surface area contributed by atoms with Gasteiger partial charge in [-0.1, -0.05) is 10.3 Å². The SMILES string of the molecule is O=C(ON=C1CCC(=NOC(=O)C2CC2)CC1)C1CC1. The van der Waals surface area contributed by atoms with Crippen LogP contribution in [0.4, 0.5) is 0 Å². The van der Waals surface area contributed by atoms with Gasteiger partial charge >= 0.3 is 11.9 Å². The van der Waals surface area contributed by atoms with Crippen LogP contribution in [0.15, 0.2) is 10.3 Å². The molecule has 0 aliphatic heterocycles. The molecule has 3 aliphatic rings. The van der Waals surface area contributed by atoms with E-state index < -0.39 is 0 Å². The van der Waals surface area contributed by atoms with Crippen LogP contribution in [0.2, 0.25) is 0 Å². The van der Waals surface area contributed by atoms with Crippen molar-refractivity contribution in [3.05, 3.63) is 0 Å². The summed E-state index contributed by atoms with van der Waals surface area (Å²) in [4.78, 5) is 32.5. The van der Waals surface area contributed by atoms with Gasteiger partial charge in [0.25, 0.3) is 0 Å². The van der Waals surface area contributed by atoms with Crippen LogP contribution in [0.5, 0.6) is 0 Å². The summed E-state index contributed by atoms with van der Waals surface area (Å²) in [5.74, 6) is -0.283. The Labute approximate surface area is 117 Å². The number of hydrogen-bond donors (Lipinski definition) is 0. The topological polar surface area (TPSA) is 77.3 Å².